The third-order valence-corrected chi connectivity index (χ3v) is 3.31. The fourth-order valence-corrected chi connectivity index (χ4v) is 2.24. The lowest BCUT2D eigenvalue weighted by molar-refractivity contribution is -0.127. The van der Waals surface area contributed by atoms with Gasteiger partial charge in [-0.2, -0.15) is 0 Å². The molecule has 1 saturated heterocycles. The van der Waals surface area contributed by atoms with Gasteiger partial charge in [0.05, 0.1) is 18.8 Å². The van der Waals surface area contributed by atoms with Crippen LogP contribution in [0.4, 0.5) is 0 Å². The lowest BCUT2D eigenvalue weighted by Crippen LogP contribution is -2.50. The van der Waals surface area contributed by atoms with Crippen LogP contribution < -0.4 is 11.1 Å². The Labute approximate surface area is 110 Å². The first-order valence-electron chi connectivity index (χ1n) is 6.90. The predicted molar refractivity (Wildman–Crippen MR) is 72.3 cm³/mol. The highest BCUT2D eigenvalue weighted by molar-refractivity contribution is 5.81. The normalized spacial score (nSPS) is 20.1. The minimum absolute atomic E-state index is 0.0529. The van der Waals surface area contributed by atoms with E-state index in [1.165, 1.54) is 0 Å². The van der Waals surface area contributed by atoms with Crippen LogP contribution >= 0.6 is 0 Å². The molecule has 0 spiro atoms. The minimum Gasteiger partial charge on any atom is -0.377 e. The first kappa shape index (κ1) is 15.4. The average Bonchev–Trinajstić information content (AvgIpc) is 2.35. The summed E-state index contributed by atoms with van der Waals surface area (Å²) < 4.78 is 5.63. The predicted octanol–water partition coefficient (Wildman–Crippen LogP) is 0.339. The zero-order chi connectivity index (χ0) is 13.5. The molecule has 1 rings (SSSR count). The molecule has 1 fully saturated rings. The number of amides is 1. The zero-order valence-corrected chi connectivity index (χ0v) is 11.8. The number of likely N-dealkylation sites (tertiary alicyclic amines) is 1. The van der Waals surface area contributed by atoms with Gasteiger partial charge in [-0.1, -0.05) is 0 Å². The second-order valence-corrected chi connectivity index (χ2v) is 5.23. The maximum absolute atomic E-state index is 11.9. The van der Waals surface area contributed by atoms with E-state index < -0.39 is 0 Å². The van der Waals surface area contributed by atoms with Crippen molar-refractivity contribution in [2.75, 3.05) is 26.2 Å². The van der Waals surface area contributed by atoms with Crippen molar-refractivity contribution in [1.82, 2.24) is 10.2 Å². The van der Waals surface area contributed by atoms with Gasteiger partial charge in [-0.15, -0.1) is 0 Å². The number of hydrogen-bond donors (Lipinski definition) is 2. The van der Waals surface area contributed by atoms with E-state index in [0.717, 1.165) is 25.9 Å². The molecule has 0 radical (unpaired) electrons. The summed E-state index contributed by atoms with van der Waals surface area (Å²) in [5.74, 6) is 0.117. The van der Waals surface area contributed by atoms with Crippen molar-refractivity contribution in [2.45, 2.75) is 51.8 Å². The van der Waals surface area contributed by atoms with Crippen LogP contribution in [0.15, 0.2) is 0 Å². The molecule has 5 heteroatoms. The lowest BCUT2D eigenvalue weighted by atomic mass is 10.1. The van der Waals surface area contributed by atoms with Crippen molar-refractivity contribution >= 4 is 5.91 Å². The Balaban J connectivity index is 2.31. The van der Waals surface area contributed by atoms with Crippen LogP contribution in [0.25, 0.3) is 0 Å². The molecule has 1 unspecified atom stereocenters. The molecular formula is C13H27N3O2. The first-order chi connectivity index (χ1) is 8.54. The van der Waals surface area contributed by atoms with Crippen LogP contribution in [0.3, 0.4) is 0 Å². The number of carbonyl (C=O) groups is 1. The maximum atomic E-state index is 11.9. The SMILES string of the molecule is CC(C)NC(=O)C(C)N1CCC(OCCN)CC1. The van der Waals surface area contributed by atoms with Crippen molar-refractivity contribution in [3.63, 3.8) is 0 Å². The van der Waals surface area contributed by atoms with Gasteiger partial charge in [0.1, 0.15) is 0 Å². The lowest BCUT2D eigenvalue weighted by Gasteiger charge is -2.35. The second kappa shape index (κ2) is 7.71. The van der Waals surface area contributed by atoms with Crippen molar-refractivity contribution in [3.8, 4) is 0 Å². The van der Waals surface area contributed by atoms with Gasteiger partial charge in [0, 0.05) is 25.7 Å². The van der Waals surface area contributed by atoms with E-state index >= 15 is 0 Å². The monoisotopic (exact) mass is 257 g/mol. The molecule has 18 heavy (non-hydrogen) atoms. The summed E-state index contributed by atoms with van der Waals surface area (Å²) in [5.41, 5.74) is 5.42. The van der Waals surface area contributed by atoms with Gasteiger partial charge in [-0.25, -0.2) is 0 Å². The molecule has 0 aliphatic carbocycles. The summed E-state index contributed by atoms with van der Waals surface area (Å²) in [6, 6.07) is 0.147. The Bertz CT molecular complexity index is 251. The van der Waals surface area contributed by atoms with E-state index in [1.807, 2.05) is 20.8 Å². The number of nitrogens with one attached hydrogen (secondary N) is 1. The molecule has 1 heterocycles. The second-order valence-electron chi connectivity index (χ2n) is 5.23. The van der Waals surface area contributed by atoms with Crippen molar-refractivity contribution in [3.05, 3.63) is 0 Å². The van der Waals surface area contributed by atoms with Crippen LogP contribution in [-0.4, -0.2) is 55.2 Å². The Kier molecular flexibility index (Phi) is 6.60. The molecule has 106 valence electrons. The molecule has 3 N–H and O–H groups in total. The Morgan fingerprint density at radius 3 is 2.50 bits per heavy atom. The van der Waals surface area contributed by atoms with Gasteiger partial charge in [-0.3, -0.25) is 9.69 Å². The standard InChI is InChI=1S/C13H27N3O2/c1-10(2)15-13(17)11(3)16-7-4-12(5-8-16)18-9-6-14/h10-12H,4-9,14H2,1-3H3,(H,15,17). The molecular weight excluding hydrogens is 230 g/mol. The van der Waals surface area contributed by atoms with E-state index in [1.54, 1.807) is 0 Å². The van der Waals surface area contributed by atoms with Gasteiger partial charge < -0.3 is 15.8 Å². The summed E-state index contributed by atoms with van der Waals surface area (Å²) in [6.07, 6.45) is 2.28. The smallest absolute Gasteiger partial charge is 0.237 e. The highest BCUT2D eigenvalue weighted by atomic mass is 16.5. The largest absolute Gasteiger partial charge is 0.377 e. The van der Waals surface area contributed by atoms with E-state index in [9.17, 15) is 4.79 Å². The van der Waals surface area contributed by atoms with E-state index in [2.05, 4.69) is 10.2 Å². The minimum atomic E-state index is -0.0529. The quantitative estimate of drug-likeness (QED) is 0.720. The van der Waals surface area contributed by atoms with E-state index in [-0.39, 0.29) is 18.0 Å². The Morgan fingerprint density at radius 2 is 2.00 bits per heavy atom. The van der Waals surface area contributed by atoms with Crippen molar-refractivity contribution in [2.24, 2.45) is 5.73 Å². The molecule has 1 atom stereocenters. The van der Waals surface area contributed by atoms with Crippen molar-refractivity contribution < 1.29 is 9.53 Å². The molecule has 0 aromatic carbocycles. The fourth-order valence-electron chi connectivity index (χ4n) is 2.24. The Hall–Kier alpha value is -0.650. The van der Waals surface area contributed by atoms with E-state index in [0.29, 0.717) is 19.3 Å². The third-order valence-electron chi connectivity index (χ3n) is 3.31. The van der Waals surface area contributed by atoms with E-state index in [4.69, 9.17) is 10.5 Å². The molecule has 1 amide bonds. The van der Waals surface area contributed by atoms with Crippen LogP contribution in [0.1, 0.15) is 33.6 Å². The van der Waals surface area contributed by atoms with Gasteiger partial charge in [0.25, 0.3) is 0 Å². The summed E-state index contributed by atoms with van der Waals surface area (Å²) >= 11 is 0. The topological polar surface area (TPSA) is 67.6 Å². The van der Waals surface area contributed by atoms with Gasteiger partial charge in [0.15, 0.2) is 0 Å². The number of piperidine rings is 1. The summed E-state index contributed by atoms with van der Waals surface area (Å²) in [7, 11) is 0. The third kappa shape index (κ3) is 4.92. The van der Waals surface area contributed by atoms with Crippen molar-refractivity contribution in [1.29, 1.82) is 0 Å². The number of rotatable bonds is 6. The summed E-state index contributed by atoms with van der Waals surface area (Å²) in [5, 5.41) is 2.96. The molecule has 0 bridgehead atoms. The summed E-state index contributed by atoms with van der Waals surface area (Å²) in [4.78, 5) is 14.1. The maximum Gasteiger partial charge on any atom is 0.237 e. The zero-order valence-electron chi connectivity index (χ0n) is 11.8. The number of nitrogens with zero attached hydrogens (tertiary/aromatic N) is 1. The number of hydrogen-bond acceptors (Lipinski definition) is 4. The number of nitrogens with two attached hydrogens (primary N) is 1. The van der Waals surface area contributed by atoms with Gasteiger partial charge in [0.2, 0.25) is 5.91 Å². The van der Waals surface area contributed by atoms with Crippen LogP contribution in [0.5, 0.6) is 0 Å². The molecule has 0 saturated carbocycles. The average molecular weight is 257 g/mol. The Morgan fingerprint density at radius 1 is 1.39 bits per heavy atom. The number of ether oxygens (including phenoxy) is 1. The highest BCUT2D eigenvalue weighted by Crippen LogP contribution is 2.15. The fraction of sp³-hybridized carbons (Fsp3) is 0.923. The molecule has 5 nitrogen and oxygen atoms in total. The highest BCUT2D eigenvalue weighted by Gasteiger charge is 2.26. The van der Waals surface area contributed by atoms with Gasteiger partial charge in [-0.05, 0) is 33.6 Å². The van der Waals surface area contributed by atoms with Crippen LogP contribution in [0, 0.1) is 0 Å². The number of carbonyl (C=O) groups excluding carboxylic acids is 1. The van der Waals surface area contributed by atoms with Gasteiger partial charge >= 0.3 is 0 Å². The van der Waals surface area contributed by atoms with Crippen LogP contribution in [0.2, 0.25) is 0 Å². The molecule has 0 aromatic rings. The first-order valence-corrected chi connectivity index (χ1v) is 6.90. The molecule has 1 aliphatic rings. The molecule has 1 aliphatic heterocycles. The molecule has 0 aromatic heterocycles. The van der Waals surface area contributed by atoms with Crippen LogP contribution in [-0.2, 0) is 9.53 Å². The summed E-state index contributed by atoms with van der Waals surface area (Å²) in [6.45, 7) is 8.99.